The molecule has 3 heteroatoms. The number of nitrogens with zero attached hydrogens (tertiary/aromatic N) is 3. The van der Waals surface area contributed by atoms with E-state index in [0.29, 0.717) is 0 Å². The molecule has 0 saturated carbocycles. The van der Waals surface area contributed by atoms with Crippen LogP contribution in [-0.4, -0.2) is 14.5 Å². The molecule has 2 heterocycles. The van der Waals surface area contributed by atoms with Gasteiger partial charge in [-0.05, 0) is 30.3 Å². The highest BCUT2D eigenvalue weighted by Gasteiger charge is 2.16. The molecule has 6 aromatic rings. The number of hydrogen-bond acceptors (Lipinski definition) is 2. The summed E-state index contributed by atoms with van der Waals surface area (Å²) in [4.78, 5) is 9.82. The number of benzene rings is 4. The van der Waals surface area contributed by atoms with Crippen LogP contribution in [0.5, 0.6) is 0 Å². The minimum Gasteiger partial charge on any atom is -0.309 e. The molecule has 0 bridgehead atoms. The van der Waals surface area contributed by atoms with Crippen molar-refractivity contribution in [3.05, 3.63) is 103 Å². The molecule has 0 spiro atoms. The Morgan fingerprint density at radius 1 is 0.625 bits per heavy atom. The van der Waals surface area contributed by atoms with Crippen molar-refractivity contribution in [2.24, 2.45) is 0 Å². The first kappa shape index (κ1) is 18.8. The van der Waals surface area contributed by atoms with E-state index in [1.165, 1.54) is 21.8 Å². The molecule has 0 fully saturated rings. The molecule has 0 amide bonds. The lowest BCUT2D eigenvalue weighted by Crippen LogP contribution is -2.00. The van der Waals surface area contributed by atoms with E-state index in [9.17, 15) is 0 Å². The Morgan fingerprint density at radius 3 is 2.12 bits per heavy atom. The smallest absolute Gasteiger partial charge is 0.132 e. The molecule has 0 N–H and O–H groups in total. The van der Waals surface area contributed by atoms with Crippen molar-refractivity contribution in [2.75, 3.05) is 0 Å². The summed E-state index contributed by atoms with van der Waals surface area (Å²) < 4.78 is 2.35. The first-order valence-electron chi connectivity index (χ1n) is 11.1. The molecule has 0 aliphatic rings. The number of aromatic nitrogens is 3. The highest BCUT2D eigenvalue weighted by molar-refractivity contribution is 6.10. The van der Waals surface area contributed by atoms with Gasteiger partial charge < -0.3 is 4.57 Å². The molecule has 0 aliphatic heterocycles. The number of rotatable bonds is 3. The maximum Gasteiger partial charge on any atom is 0.132 e. The summed E-state index contributed by atoms with van der Waals surface area (Å²) in [5.74, 6) is 1.14. The third-order valence-electron chi connectivity index (χ3n) is 6.10. The molecule has 32 heavy (non-hydrogen) atoms. The Labute approximate surface area is 187 Å². The van der Waals surface area contributed by atoms with Crippen LogP contribution in [0.25, 0.3) is 49.7 Å². The zero-order valence-electron chi connectivity index (χ0n) is 18.2. The summed E-state index contributed by atoms with van der Waals surface area (Å²) in [6.07, 6.45) is 0. The minimum absolute atomic E-state index is 0.262. The molecule has 2 aromatic heterocycles. The van der Waals surface area contributed by atoms with Gasteiger partial charge in [0, 0.05) is 33.3 Å². The van der Waals surface area contributed by atoms with Crippen LogP contribution in [0.4, 0.5) is 0 Å². The lowest BCUT2D eigenvalue weighted by molar-refractivity contribution is 0.784. The monoisotopic (exact) mass is 413 g/mol. The lowest BCUT2D eigenvalue weighted by atomic mass is 10.0. The van der Waals surface area contributed by atoms with Gasteiger partial charge in [-0.1, -0.05) is 80.6 Å². The second kappa shape index (κ2) is 7.31. The van der Waals surface area contributed by atoms with E-state index in [-0.39, 0.29) is 5.92 Å². The van der Waals surface area contributed by atoms with Crippen LogP contribution in [0.1, 0.15) is 25.6 Å². The Hall–Kier alpha value is -3.98. The van der Waals surface area contributed by atoms with Gasteiger partial charge in [-0.3, -0.25) is 0 Å². The van der Waals surface area contributed by atoms with Gasteiger partial charge in [-0.15, -0.1) is 0 Å². The van der Waals surface area contributed by atoms with Crippen LogP contribution in [0.15, 0.2) is 97.1 Å². The van der Waals surface area contributed by atoms with Gasteiger partial charge in [0.1, 0.15) is 5.82 Å². The Kier molecular flexibility index (Phi) is 4.29. The van der Waals surface area contributed by atoms with Crippen molar-refractivity contribution < 1.29 is 0 Å². The Bertz CT molecular complexity index is 1590. The third-order valence-corrected chi connectivity index (χ3v) is 6.10. The Morgan fingerprint density at radius 2 is 1.31 bits per heavy atom. The van der Waals surface area contributed by atoms with E-state index in [4.69, 9.17) is 9.97 Å². The number of para-hydroxylation sites is 3. The summed E-state index contributed by atoms with van der Waals surface area (Å²) in [5.41, 5.74) is 6.64. The van der Waals surface area contributed by atoms with Crippen LogP contribution in [0.2, 0.25) is 0 Å². The van der Waals surface area contributed by atoms with Crippen LogP contribution < -0.4 is 0 Å². The van der Waals surface area contributed by atoms with Gasteiger partial charge in [-0.25, -0.2) is 9.97 Å². The van der Waals surface area contributed by atoms with E-state index in [1.807, 2.05) is 6.07 Å². The fourth-order valence-electron chi connectivity index (χ4n) is 4.55. The lowest BCUT2D eigenvalue weighted by Gasteiger charge is -2.12. The average molecular weight is 414 g/mol. The zero-order chi connectivity index (χ0) is 21.7. The minimum atomic E-state index is 0.262. The third kappa shape index (κ3) is 2.89. The fraction of sp³-hybridized carbons (Fsp3) is 0.103. The average Bonchev–Trinajstić information content (AvgIpc) is 3.17. The standard InChI is InChI=1S/C29H23N3/c1-19(2)29-30-25-14-8-6-13-24(25)28(31-29)20-16-17-23-22-12-7-9-15-26(22)32(27(23)18-20)21-10-4-3-5-11-21/h3-19H,1-2H3. The second-order valence-electron chi connectivity index (χ2n) is 8.52. The zero-order valence-corrected chi connectivity index (χ0v) is 18.2. The van der Waals surface area contributed by atoms with Crippen molar-refractivity contribution in [3.63, 3.8) is 0 Å². The second-order valence-corrected chi connectivity index (χ2v) is 8.52. The van der Waals surface area contributed by atoms with E-state index < -0.39 is 0 Å². The molecule has 0 saturated heterocycles. The molecule has 0 radical (unpaired) electrons. The predicted octanol–water partition coefficient (Wildman–Crippen LogP) is 7.52. The maximum atomic E-state index is 5.01. The number of hydrogen-bond donors (Lipinski definition) is 0. The first-order valence-corrected chi connectivity index (χ1v) is 11.1. The SMILES string of the molecule is CC(C)c1nc(-c2ccc3c4ccccc4n(-c4ccccc4)c3c2)c2ccccc2n1. The van der Waals surface area contributed by atoms with Crippen molar-refractivity contribution in [1.82, 2.24) is 14.5 Å². The van der Waals surface area contributed by atoms with Crippen LogP contribution in [0, 0.1) is 0 Å². The van der Waals surface area contributed by atoms with Gasteiger partial charge in [0.2, 0.25) is 0 Å². The molecular formula is C29H23N3. The summed E-state index contributed by atoms with van der Waals surface area (Å²) in [5, 5.41) is 3.59. The topological polar surface area (TPSA) is 30.7 Å². The molecule has 0 aliphatic carbocycles. The van der Waals surface area contributed by atoms with Gasteiger partial charge >= 0.3 is 0 Å². The van der Waals surface area contributed by atoms with Crippen LogP contribution in [-0.2, 0) is 0 Å². The van der Waals surface area contributed by atoms with Crippen molar-refractivity contribution in [2.45, 2.75) is 19.8 Å². The van der Waals surface area contributed by atoms with Crippen LogP contribution >= 0.6 is 0 Å². The highest BCUT2D eigenvalue weighted by atomic mass is 15.0. The molecule has 0 unspecified atom stereocenters. The van der Waals surface area contributed by atoms with Gasteiger partial charge in [-0.2, -0.15) is 0 Å². The molecule has 4 aromatic carbocycles. The largest absolute Gasteiger partial charge is 0.309 e. The summed E-state index contributed by atoms with van der Waals surface area (Å²) in [6, 6.07) is 34.2. The van der Waals surface area contributed by atoms with Gasteiger partial charge in [0.05, 0.1) is 22.2 Å². The Balaban J connectivity index is 1.69. The van der Waals surface area contributed by atoms with Gasteiger partial charge in [0.25, 0.3) is 0 Å². The van der Waals surface area contributed by atoms with Crippen molar-refractivity contribution in [3.8, 4) is 16.9 Å². The van der Waals surface area contributed by atoms with Crippen molar-refractivity contribution in [1.29, 1.82) is 0 Å². The number of fused-ring (bicyclic) bond motifs is 4. The summed E-state index contributed by atoms with van der Waals surface area (Å²) >= 11 is 0. The maximum absolute atomic E-state index is 5.01. The highest BCUT2D eigenvalue weighted by Crippen LogP contribution is 2.36. The molecular weight excluding hydrogens is 390 g/mol. The quantitative estimate of drug-likeness (QED) is 0.300. The van der Waals surface area contributed by atoms with Gasteiger partial charge in [0.15, 0.2) is 0 Å². The fourth-order valence-corrected chi connectivity index (χ4v) is 4.55. The normalized spacial score (nSPS) is 11.7. The van der Waals surface area contributed by atoms with Crippen molar-refractivity contribution >= 4 is 32.7 Å². The molecule has 154 valence electrons. The van der Waals surface area contributed by atoms with E-state index in [2.05, 4.69) is 109 Å². The first-order chi connectivity index (χ1) is 15.7. The van der Waals surface area contributed by atoms with E-state index in [1.54, 1.807) is 0 Å². The van der Waals surface area contributed by atoms with Crippen LogP contribution in [0.3, 0.4) is 0 Å². The molecule has 0 atom stereocenters. The molecule has 6 rings (SSSR count). The summed E-state index contributed by atoms with van der Waals surface area (Å²) in [6.45, 7) is 4.29. The van der Waals surface area contributed by atoms with E-state index in [0.717, 1.165) is 33.7 Å². The summed E-state index contributed by atoms with van der Waals surface area (Å²) in [7, 11) is 0. The van der Waals surface area contributed by atoms with E-state index >= 15 is 0 Å². The predicted molar refractivity (Wildman–Crippen MR) is 133 cm³/mol. The molecule has 3 nitrogen and oxygen atoms in total.